The van der Waals surface area contributed by atoms with Gasteiger partial charge in [0.15, 0.2) is 0 Å². The number of aliphatic hydroxyl groups is 1. The molecule has 1 aromatic heterocycles. The van der Waals surface area contributed by atoms with Crippen LogP contribution in [0.5, 0.6) is 0 Å². The highest BCUT2D eigenvalue weighted by atomic mass is 32.2. The fraction of sp³-hybridized carbons (Fsp3) is 0.172. The molecule has 0 aliphatic carbocycles. The normalized spacial score (nSPS) is 20.3. The molecular formula is C29H26N2O3S. The zero-order valence-corrected chi connectivity index (χ0v) is 20.3. The molecule has 5 nitrogen and oxygen atoms in total. The second-order valence-electron chi connectivity index (χ2n) is 9.40. The Labute approximate surface area is 204 Å². The first-order valence-corrected chi connectivity index (χ1v) is 13.2. The summed E-state index contributed by atoms with van der Waals surface area (Å²) in [6.45, 7) is 3.84. The summed E-state index contributed by atoms with van der Waals surface area (Å²) in [5.41, 5.74) is 3.76. The van der Waals surface area contributed by atoms with E-state index >= 15 is 0 Å². The molecule has 6 rings (SSSR count). The minimum Gasteiger partial charge on any atom is -0.372 e. The van der Waals surface area contributed by atoms with Crippen molar-refractivity contribution in [3.63, 3.8) is 0 Å². The van der Waals surface area contributed by atoms with Gasteiger partial charge in [0.2, 0.25) is 0 Å². The zero-order chi connectivity index (χ0) is 24.3. The number of aromatic amines is 1. The number of hydrogen-bond donors (Lipinski definition) is 2. The summed E-state index contributed by atoms with van der Waals surface area (Å²) in [6.07, 6.45) is -1.24. The minimum atomic E-state index is -4.01. The van der Waals surface area contributed by atoms with Crippen molar-refractivity contribution < 1.29 is 13.5 Å². The molecule has 2 heterocycles. The van der Waals surface area contributed by atoms with Crippen molar-refractivity contribution in [2.75, 3.05) is 4.31 Å². The van der Waals surface area contributed by atoms with Crippen molar-refractivity contribution in [2.45, 2.75) is 30.9 Å². The number of nitrogens with one attached hydrogen (secondary N) is 1. The topological polar surface area (TPSA) is 73.4 Å². The quantitative estimate of drug-likeness (QED) is 0.335. The first kappa shape index (κ1) is 21.9. The summed E-state index contributed by atoms with van der Waals surface area (Å²) < 4.78 is 28.9. The molecule has 0 spiro atoms. The van der Waals surface area contributed by atoms with Gasteiger partial charge in [0.1, 0.15) is 12.0 Å². The van der Waals surface area contributed by atoms with Crippen LogP contribution in [0, 0.1) is 12.8 Å². The average molecular weight is 483 g/mol. The average Bonchev–Trinajstić information content (AvgIpc) is 3.23. The summed E-state index contributed by atoms with van der Waals surface area (Å²) in [5, 5.41) is 14.7. The molecule has 1 aliphatic heterocycles. The van der Waals surface area contributed by atoms with Gasteiger partial charge < -0.3 is 10.1 Å². The van der Waals surface area contributed by atoms with Crippen LogP contribution in [0.2, 0.25) is 0 Å². The Hall–Kier alpha value is -3.61. The summed E-state index contributed by atoms with van der Waals surface area (Å²) >= 11 is 0. The minimum absolute atomic E-state index is 0.156. The molecule has 0 fully saturated rings. The Morgan fingerprint density at radius 1 is 0.857 bits per heavy atom. The van der Waals surface area contributed by atoms with Crippen molar-refractivity contribution in [1.29, 1.82) is 0 Å². The van der Waals surface area contributed by atoms with Gasteiger partial charge in [-0.15, -0.1) is 0 Å². The van der Waals surface area contributed by atoms with Crippen LogP contribution in [0.15, 0.2) is 95.9 Å². The van der Waals surface area contributed by atoms with E-state index < -0.39 is 16.3 Å². The van der Waals surface area contributed by atoms with E-state index in [-0.39, 0.29) is 16.7 Å². The van der Waals surface area contributed by atoms with Crippen LogP contribution in [-0.4, -0.2) is 24.7 Å². The SMILES string of the molecule is Cc1ccc(S(=O)(=O)N2c3[nH]c4ccccc4c3[C@H](c3ccc4ccccc4c3)[C@@H](C)[C@H]2O)cc1. The lowest BCUT2D eigenvalue weighted by Crippen LogP contribution is -2.49. The predicted molar refractivity (Wildman–Crippen MR) is 140 cm³/mol. The number of nitrogens with zero attached hydrogens (tertiary/aromatic N) is 1. The molecule has 3 atom stereocenters. The van der Waals surface area contributed by atoms with Gasteiger partial charge in [-0.25, -0.2) is 12.7 Å². The molecule has 2 N–H and O–H groups in total. The smallest absolute Gasteiger partial charge is 0.267 e. The van der Waals surface area contributed by atoms with Crippen LogP contribution in [0.25, 0.3) is 21.7 Å². The molecule has 5 aromatic rings. The van der Waals surface area contributed by atoms with Gasteiger partial charge in [-0.2, -0.15) is 0 Å². The number of aliphatic hydroxyl groups excluding tert-OH is 1. The molecule has 0 unspecified atom stereocenters. The van der Waals surface area contributed by atoms with Crippen LogP contribution in [-0.2, 0) is 10.0 Å². The van der Waals surface area contributed by atoms with Crippen molar-refractivity contribution in [3.05, 3.63) is 108 Å². The van der Waals surface area contributed by atoms with E-state index in [1.54, 1.807) is 24.3 Å². The maximum atomic E-state index is 13.9. The molecule has 0 bridgehead atoms. The third kappa shape index (κ3) is 3.36. The van der Waals surface area contributed by atoms with E-state index in [9.17, 15) is 13.5 Å². The molecule has 0 saturated heterocycles. The molecule has 0 saturated carbocycles. The molecule has 6 heteroatoms. The Kier molecular flexibility index (Phi) is 4.99. The highest BCUT2D eigenvalue weighted by Crippen LogP contribution is 2.50. The molecule has 4 aromatic carbocycles. The first-order chi connectivity index (χ1) is 16.9. The summed E-state index contributed by atoms with van der Waals surface area (Å²) in [6, 6.07) is 29.1. The lowest BCUT2D eigenvalue weighted by Gasteiger charge is -2.41. The lowest BCUT2D eigenvalue weighted by molar-refractivity contribution is 0.112. The lowest BCUT2D eigenvalue weighted by atomic mass is 9.77. The Bertz CT molecular complexity index is 1670. The first-order valence-electron chi connectivity index (χ1n) is 11.7. The third-order valence-corrected chi connectivity index (χ3v) is 8.99. The Morgan fingerprint density at radius 3 is 2.31 bits per heavy atom. The molecule has 0 amide bonds. The second-order valence-corrected chi connectivity index (χ2v) is 11.2. The van der Waals surface area contributed by atoms with E-state index in [0.29, 0.717) is 5.82 Å². The number of hydrogen-bond acceptors (Lipinski definition) is 3. The van der Waals surface area contributed by atoms with Gasteiger partial charge in [0.05, 0.1) is 4.90 Å². The van der Waals surface area contributed by atoms with Gasteiger partial charge in [-0.1, -0.05) is 85.3 Å². The van der Waals surface area contributed by atoms with Gasteiger partial charge in [0, 0.05) is 28.3 Å². The predicted octanol–water partition coefficient (Wildman–Crippen LogP) is 5.92. The monoisotopic (exact) mass is 482 g/mol. The number of anilines is 1. The van der Waals surface area contributed by atoms with Crippen LogP contribution in [0.1, 0.15) is 29.5 Å². The van der Waals surface area contributed by atoms with Crippen LogP contribution < -0.4 is 4.31 Å². The standard InChI is InChI=1S/C29H26N2O3S/c1-18-11-15-23(16-12-18)35(33,34)31-28-27(24-9-5-6-10-25(24)30-28)26(19(2)29(31)32)22-14-13-20-7-3-4-8-21(20)17-22/h3-17,19,26,29-30,32H,1-2H3/t19-,26+,29-/m1/s1. The van der Waals surface area contributed by atoms with E-state index in [0.717, 1.165) is 38.4 Å². The van der Waals surface area contributed by atoms with Crippen molar-refractivity contribution in [3.8, 4) is 0 Å². The highest BCUT2D eigenvalue weighted by Gasteiger charge is 2.46. The fourth-order valence-corrected chi connectivity index (χ4v) is 6.94. The van der Waals surface area contributed by atoms with Crippen molar-refractivity contribution in [2.24, 2.45) is 5.92 Å². The number of H-pyrrole nitrogens is 1. The Balaban J connectivity index is 1.60. The Morgan fingerprint density at radius 2 is 1.54 bits per heavy atom. The number of aryl methyl sites for hydroxylation is 1. The summed E-state index contributed by atoms with van der Waals surface area (Å²) in [5.74, 6) is -0.149. The summed E-state index contributed by atoms with van der Waals surface area (Å²) in [4.78, 5) is 3.48. The number of rotatable bonds is 3. The molecule has 176 valence electrons. The number of aromatic nitrogens is 1. The molecular weight excluding hydrogens is 456 g/mol. The highest BCUT2D eigenvalue weighted by molar-refractivity contribution is 7.92. The number of sulfonamides is 1. The van der Waals surface area contributed by atoms with Crippen LogP contribution in [0.3, 0.4) is 0 Å². The molecule has 1 aliphatic rings. The zero-order valence-electron chi connectivity index (χ0n) is 19.5. The second kappa shape index (κ2) is 7.97. The van der Waals surface area contributed by atoms with E-state index in [2.05, 4.69) is 35.3 Å². The van der Waals surface area contributed by atoms with Crippen molar-refractivity contribution >= 4 is 37.5 Å². The number of fused-ring (bicyclic) bond motifs is 4. The molecule has 35 heavy (non-hydrogen) atoms. The van der Waals surface area contributed by atoms with Gasteiger partial charge in [-0.3, -0.25) is 0 Å². The maximum absolute atomic E-state index is 13.9. The number of benzene rings is 4. The maximum Gasteiger partial charge on any atom is 0.267 e. The van der Waals surface area contributed by atoms with Crippen molar-refractivity contribution in [1.82, 2.24) is 4.98 Å². The van der Waals surface area contributed by atoms with Gasteiger partial charge in [0.25, 0.3) is 10.0 Å². The van der Waals surface area contributed by atoms with E-state index in [4.69, 9.17) is 0 Å². The number of para-hydroxylation sites is 1. The van der Waals surface area contributed by atoms with Gasteiger partial charge in [-0.05, 0) is 41.5 Å². The van der Waals surface area contributed by atoms with Gasteiger partial charge >= 0.3 is 0 Å². The van der Waals surface area contributed by atoms with Crippen LogP contribution in [0.4, 0.5) is 5.82 Å². The summed E-state index contributed by atoms with van der Waals surface area (Å²) in [7, 11) is -4.01. The molecule has 0 radical (unpaired) electrons. The largest absolute Gasteiger partial charge is 0.372 e. The third-order valence-electron chi connectivity index (χ3n) is 7.20. The van der Waals surface area contributed by atoms with Crippen LogP contribution >= 0.6 is 0 Å². The van der Waals surface area contributed by atoms with E-state index in [1.165, 1.54) is 4.31 Å². The fourth-order valence-electron chi connectivity index (χ4n) is 5.38. The van der Waals surface area contributed by atoms with E-state index in [1.807, 2.05) is 50.2 Å².